The van der Waals surface area contributed by atoms with Gasteiger partial charge < -0.3 is 4.98 Å². The van der Waals surface area contributed by atoms with Crippen LogP contribution in [0.1, 0.15) is 0 Å². The lowest BCUT2D eigenvalue weighted by Crippen LogP contribution is -1.87. The fourth-order valence-corrected chi connectivity index (χ4v) is 4.87. The van der Waals surface area contributed by atoms with Crippen molar-refractivity contribution in [1.29, 1.82) is 0 Å². The summed E-state index contributed by atoms with van der Waals surface area (Å²) < 4.78 is 2.15. The van der Waals surface area contributed by atoms with E-state index in [2.05, 4.69) is 92.1 Å². The number of nitrogens with zero attached hydrogens (tertiary/aromatic N) is 3. The van der Waals surface area contributed by atoms with E-state index in [4.69, 9.17) is 0 Å². The van der Waals surface area contributed by atoms with Gasteiger partial charge in [-0.2, -0.15) is 0 Å². The van der Waals surface area contributed by atoms with Crippen molar-refractivity contribution in [3.05, 3.63) is 116 Å². The smallest absolute Gasteiger partial charge is 0.100 e. The van der Waals surface area contributed by atoms with Crippen LogP contribution in [-0.2, 0) is 0 Å². The lowest BCUT2D eigenvalue weighted by Gasteiger charge is -2.00. The van der Waals surface area contributed by atoms with E-state index in [1.54, 1.807) is 0 Å². The first-order valence-corrected chi connectivity index (χ1v) is 11.3. The largest absolute Gasteiger partial charge is 0.354 e. The molecule has 4 heteroatoms. The molecule has 4 nitrogen and oxygen atoms in total. The number of benzene rings is 4. The highest BCUT2D eigenvalue weighted by Crippen LogP contribution is 2.29. The van der Waals surface area contributed by atoms with Crippen LogP contribution in [0, 0.1) is 0 Å². The summed E-state index contributed by atoms with van der Waals surface area (Å²) in [6.07, 6.45) is 3.86. The molecular formula is C30H20N4. The molecule has 0 saturated carbocycles. The molecule has 34 heavy (non-hydrogen) atoms. The first-order valence-electron chi connectivity index (χ1n) is 11.3. The van der Waals surface area contributed by atoms with E-state index in [1.165, 1.54) is 49.0 Å². The highest BCUT2D eigenvalue weighted by atomic mass is 15.0. The molecule has 0 saturated heterocycles. The molecule has 4 aromatic carbocycles. The second kappa shape index (κ2) is 7.42. The van der Waals surface area contributed by atoms with Gasteiger partial charge in [0.15, 0.2) is 0 Å². The van der Waals surface area contributed by atoms with Crippen LogP contribution in [0.15, 0.2) is 116 Å². The summed E-state index contributed by atoms with van der Waals surface area (Å²) in [5.41, 5.74) is 6.85. The molecule has 1 N–H and O–H groups in total. The molecule has 4 aromatic heterocycles. The van der Waals surface area contributed by atoms with Crippen molar-refractivity contribution in [2.24, 2.45) is 0 Å². The van der Waals surface area contributed by atoms with E-state index < -0.39 is 0 Å². The maximum absolute atomic E-state index is 4.51. The molecule has 0 atom stereocenters. The van der Waals surface area contributed by atoms with Crippen LogP contribution >= 0.6 is 0 Å². The van der Waals surface area contributed by atoms with Crippen molar-refractivity contribution in [3.8, 4) is 0 Å². The fraction of sp³-hybridized carbons (Fsp3) is 0. The molecule has 0 fully saturated rings. The van der Waals surface area contributed by atoms with Crippen molar-refractivity contribution in [2.75, 3.05) is 0 Å². The van der Waals surface area contributed by atoms with Gasteiger partial charge in [0, 0.05) is 38.6 Å². The number of H-pyrrole nitrogens is 1. The molecular weight excluding hydrogens is 416 g/mol. The molecule has 8 rings (SSSR count). The van der Waals surface area contributed by atoms with E-state index in [1.807, 2.05) is 42.9 Å². The number of hydrogen-bond acceptors (Lipinski definition) is 2. The lowest BCUT2D eigenvalue weighted by atomic mass is 10.1. The number of aromatic nitrogens is 4. The zero-order chi connectivity index (χ0) is 22.5. The summed E-state index contributed by atoms with van der Waals surface area (Å²) >= 11 is 0. The van der Waals surface area contributed by atoms with Crippen LogP contribution in [0.2, 0.25) is 0 Å². The summed E-state index contributed by atoms with van der Waals surface area (Å²) in [4.78, 5) is 12.5. The fourth-order valence-electron chi connectivity index (χ4n) is 4.87. The monoisotopic (exact) mass is 436 g/mol. The maximum Gasteiger partial charge on any atom is 0.100 e. The van der Waals surface area contributed by atoms with Gasteiger partial charge in [-0.05, 0) is 30.3 Å². The predicted molar refractivity (Wildman–Crippen MR) is 141 cm³/mol. The second-order valence-electron chi connectivity index (χ2n) is 8.45. The Kier molecular flexibility index (Phi) is 4.11. The summed E-state index contributed by atoms with van der Waals surface area (Å²) in [5, 5.41) is 6.07. The number of fused-ring (bicyclic) bond motifs is 10. The average Bonchev–Trinajstić information content (AvgIpc) is 3.48. The van der Waals surface area contributed by atoms with Crippen molar-refractivity contribution < 1.29 is 0 Å². The minimum Gasteiger partial charge on any atom is -0.354 e. The Balaban J connectivity index is 0.000000118. The summed E-state index contributed by atoms with van der Waals surface area (Å²) in [5.74, 6) is 0. The number of nitrogens with one attached hydrogen (secondary N) is 1. The normalized spacial score (nSPS) is 11.5. The van der Waals surface area contributed by atoms with Crippen molar-refractivity contribution in [2.45, 2.75) is 0 Å². The maximum atomic E-state index is 4.51. The third-order valence-corrected chi connectivity index (χ3v) is 6.49. The number of para-hydroxylation sites is 4. The minimum atomic E-state index is 1.03. The molecule has 0 aliphatic rings. The number of pyridine rings is 1. The van der Waals surface area contributed by atoms with Gasteiger partial charge in [-0.1, -0.05) is 72.8 Å². The molecule has 0 amide bonds. The number of aromatic amines is 1. The van der Waals surface area contributed by atoms with E-state index in [0.717, 1.165) is 11.0 Å². The van der Waals surface area contributed by atoms with Gasteiger partial charge in [-0.25, -0.2) is 4.98 Å². The third kappa shape index (κ3) is 2.86. The number of hydrogen-bond donors (Lipinski definition) is 1. The van der Waals surface area contributed by atoms with E-state index in [-0.39, 0.29) is 0 Å². The Bertz CT molecular complexity index is 1830. The Morgan fingerprint density at radius 1 is 0.559 bits per heavy atom. The van der Waals surface area contributed by atoms with Gasteiger partial charge >= 0.3 is 0 Å². The molecule has 0 aliphatic carbocycles. The summed E-state index contributed by atoms with van der Waals surface area (Å²) in [7, 11) is 0. The number of rotatable bonds is 0. The van der Waals surface area contributed by atoms with Crippen molar-refractivity contribution >= 4 is 60.0 Å². The van der Waals surface area contributed by atoms with Crippen LogP contribution in [-0.4, -0.2) is 19.4 Å². The first kappa shape index (κ1) is 18.8. The molecule has 8 aromatic rings. The molecule has 0 radical (unpaired) electrons. The van der Waals surface area contributed by atoms with Gasteiger partial charge in [-0.3, -0.25) is 9.38 Å². The van der Waals surface area contributed by atoms with E-state index in [9.17, 15) is 0 Å². The first-order chi connectivity index (χ1) is 16.9. The standard InChI is InChI=1S/2C15H10N2/c1-4-8-14-11(5-1)9-15-12-6-2-3-7-13(12)16-10-17(14)15;1-4-8-14-10(5-1)12-9-16-13-7-3-2-6-11(13)15(12)17-14/h1-10H;1-9,17H. The Labute approximate surface area is 195 Å². The second-order valence-corrected chi connectivity index (χ2v) is 8.45. The Morgan fingerprint density at radius 3 is 2.12 bits per heavy atom. The van der Waals surface area contributed by atoms with Crippen LogP contribution in [0.3, 0.4) is 0 Å². The molecule has 160 valence electrons. The molecule has 0 aliphatic heterocycles. The van der Waals surface area contributed by atoms with Gasteiger partial charge in [-0.15, -0.1) is 0 Å². The quantitative estimate of drug-likeness (QED) is 0.267. The van der Waals surface area contributed by atoms with Gasteiger partial charge in [0.25, 0.3) is 0 Å². The highest BCUT2D eigenvalue weighted by molar-refractivity contribution is 6.15. The lowest BCUT2D eigenvalue weighted by molar-refractivity contribution is 1.17. The van der Waals surface area contributed by atoms with Crippen LogP contribution in [0.25, 0.3) is 60.0 Å². The summed E-state index contributed by atoms with van der Waals surface area (Å²) in [6.45, 7) is 0. The van der Waals surface area contributed by atoms with Crippen LogP contribution < -0.4 is 0 Å². The van der Waals surface area contributed by atoms with Gasteiger partial charge in [0.05, 0.1) is 27.6 Å². The molecule has 0 unspecified atom stereocenters. The third-order valence-electron chi connectivity index (χ3n) is 6.49. The topological polar surface area (TPSA) is 46.0 Å². The predicted octanol–water partition coefficient (Wildman–Crippen LogP) is 7.51. The van der Waals surface area contributed by atoms with Crippen molar-refractivity contribution in [1.82, 2.24) is 19.4 Å². The van der Waals surface area contributed by atoms with Crippen molar-refractivity contribution in [3.63, 3.8) is 0 Å². The Hall–Kier alpha value is -4.70. The van der Waals surface area contributed by atoms with Gasteiger partial charge in [0.1, 0.15) is 6.33 Å². The highest BCUT2D eigenvalue weighted by Gasteiger charge is 2.07. The average molecular weight is 437 g/mol. The van der Waals surface area contributed by atoms with Crippen LogP contribution in [0.4, 0.5) is 0 Å². The SMILES string of the molecule is c1ccc2c(c1)cc1c3ccccc3ncn21.c1ccc2c(c1)ncc1c3ccccc3[nH]c21. The Morgan fingerprint density at radius 2 is 1.24 bits per heavy atom. The molecule has 4 heterocycles. The molecule has 0 spiro atoms. The van der Waals surface area contributed by atoms with Crippen LogP contribution in [0.5, 0.6) is 0 Å². The zero-order valence-electron chi connectivity index (χ0n) is 18.3. The van der Waals surface area contributed by atoms with E-state index in [0.29, 0.717) is 0 Å². The minimum absolute atomic E-state index is 1.03. The summed E-state index contributed by atoms with van der Waals surface area (Å²) in [6, 6.07) is 35.4. The molecule has 0 bridgehead atoms. The zero-order valence-corrected chi connectivity index (χ0v) is 18.3. The van der Waals surface area contributed by atoms with E-state index >= 15 is 0 Å². The van der Waals surface area contributed by atoms with Gasteiger partial charge in [0.2, 0.25) is 0 Å².